The van der Waals surface area contributed by atoms with Gasteiger partial charge in [0.2, 0.25) is 0 Å². The summed E-state index contributed by atoms with van der Waals surface area (Å²) >= 11 is 0. The second-order valence-corrected chi connectivity index (χ2v) is 10.8. The Bertz CT molecular complexity index is 2560. The molecule has 8 aromatic rings. The van der Waals surface area contributed by atoms with Crippen LogP contribution in [0.1, 0.15) is 29.4 Å². The molecule has 0 bridgehead atoms. The number of nitrogens with zero attached hydrogens (tertiary/aromatic N) is 3. The van der Waals surface area contributed by atoms with Gasteiger partial charge in [-0.15, -0.1) is 0 Å². The van der Waals surface area contributed by atoms with Crippen molar-refractivity contribution in [2.45, 2.75) is 5.41 Å². The second kappa shape index (κ2) is 9.58. The van der Waals surface area contributed by atoms with Gasteiger partial charge in [0.05, 0.1) is 6.85 Å². The van der Waals surface area contributed by atoms with Gasteiger partial charge in [0.15, 0.2) is 17.5 Å². The lowest BCUT2D eigenvalue weighted by Crippen LogP contribution is -2.31. The normalized spacial score (nSPS) is 14.8. The van der Waals surface area contributed by atoms with Crippen molar-refractivity contribution in [3.05, 3.63) is 174 Å². The molecule has 2 heterocycles. The molecule has 0 fully saturated rings. The quantitative estimate of drug-likeness (QED) is 0.212. The first-order valence-electron chi connectivity index (χ1n) is 16.9. The van der Waals surface area contributed by atoms with Crippen LogP contribution in [-0.2, 0) is 5.41 Å². The van der Waals surface area contributed by atoms with E-state index in [2.05, 4.69) is 36.4 Å². The lowest BCUT2D eigenvalue weighted by molar-refractivity contribution is 0.669. The number of fused-ring (bicyclic) bond motifs is 6. The lowest BCUT2D eigenvalue weighted by Gasteiger charge is -2.32. The molecule has 0 radical (unpaired) electrons. The van der Waals surface area contributed by atoms with Crippen molar-refractivity contribution in [1.29, 1.82) is 0 Å². The number of hydrogen-bond acceptors (Lipinski definition) is 4. The SMILES string of the molecule is [2H]c1c([2H])c([2H])c(-c2nc(-c3cccc4oc5ccccc5c34)nc(C3(c4ccccc4)c4ccccc4-c4ccccc43)n2)c([2H])c1[2H]. The van der Waals surface area contributed by atoms with Gasteiger partial charge in [-0.3, -0.25) is 0 Å². The molecule has 1 aliphatic rings. The first-order valence-corrected chi connectivity index (χ1v) is 14.4. The number of hydrogen-bond donors (Lipinski definition) is 0. The summed E-state index contributed by atoms with van der Waals surface area (Å²) < 4.78 is 49.2. The number of rotatable bonds is 4. The zero-order valence-electron chi connectivity index (χ0n) is 28.3. The van der Waals surface area contributed by atoms with Crippen LogP contribution in [0.3, 0.4) is 0 Å². The molecule has 44 heavy (non-hydrogen) atoms. The fourth-order valence-electron chi connectivity index (χ4n) is 6.70. The van der Waals surface area contributed by atoms with E-state index in [1.165, 1.54) is 0 Å². The van der Waals surface area contributed by atoms with E-state index in [0.29, 0.717) is 28.4 Å². The van der Waals surface area contributed by atoms with Crippen LogP contribution in [0.15, 0.2) is 156 Å². The second-order valence-electron chi connectivity index (χ2n) is 10.8. The summed E-state index contributed by atoms with van der Waals surface area (Å²) in [6, 6.07) is 37.7. The van der Waals surface area contributed by atoms with E-state index in [4.69, 9.17) is 26.2 Å². The minimum absolute atomic E-state index is 0.0148. The summed E-state index contributed by atoms with van der Waals surface area (Å²) in [6.45, 7) is 0. The Labute approximate surface area is 261 Å². The summed E-state index contributed by atoms with van der Waals surface area (Å²) in [5.41, 5.74) is 5.85. The molecule has 9 rings (SSSR count). The standard InChI is InChI=1S/C40H25N3O/c1-3-14-26(15-4-1)37-41-38(31-21-13-25-35-36(31)30-20-9-12-24-34(30)44-35)43-39(42-37)40(27-16-5-2-6-17-27)32-22-10-7-18-28(32)29-19-8-11-23-33(29)40/h1-25H/i1D,3D,4D,14D,15D. The maximum Gasteiger partial charge on any atom is 0.164 e. The average molecular weight is 569 g/mol. The molecular weight excluding hydrogens is 538 g/mol. The zero-order valence-corrected chi connectivity index (χ0v) is 23.3. The van der Waals surface area contributed by atoms with E-state index < -0.39 is 23.5 Å². The molecule has 0 aliphatic heterocycles. The first-order chi connectivity index (χ1) is 23.9. The topological polar surface area (TPSA) is 51.8 Å². The number of aromatic nitrogens is 3. The largest absolute Gasteiger partial charge is 0.456 e. The van der Waals surface area contributed by atoms with Gasteiger partial charge in [-0.2, -0.15) is 0 Å². The van der Waals surface area contributed by atoms with Gasteiger partial charge >= 0.3 is 0 Å². The average Bonchev–Trinajstić information content (AvgIpc) is 3.68. The molecule has 1 aliphatic carbocycles. The van der Waals surface area contributed by atoms with Crippen LogP contribution in [0, 0.1) is 0 Å². The number of para-hydroxylation sites is 1. The smallest absolute Gasteiger partial charge is 0.164 e. The Morgan fingerprint density at radius 3 is 1.91 bits per heavy atom. The highest BCUT2D eigenvalue weighted by Gasteiger charge is 2.48. The highest BCUT2D eigenvalue weighted by Crippen LogP contribution is 2.55. The molecule has 0 saturated carbocycles. The molecular formula is C40H25N3O. The fraction of sp³-hybridized carbons (Fsp3) is 0.0250. The van der Waals surface area contributed by atoms with Crippen molar-refractivity contribution in [3.63, 3.8) is 0 Å². The van der Waals surface area contributed by atoms with Crippen molar-refractivity contribution in [3.8, 4) is 33.9 Å². The van der Waals surface area contributed by atoms with E-state index in [1.54, 1.807) is 0 Å². The van der Waals surface area contributed by atoms with Crippen molar-refractivity contribution in [2.24, 2.45) is 0 Å². The monoisotopic (exact) mass is 568 g/mol. The Hall–Kier alpha value is -5.87. The van der Waals surface area contributed by atoms with Gasteiger partial charge in [0, 0.05) is 21.9 Å². The maximum absolute atomic E-state index is 8.90. The van der Waals surface area contributed by atoms with Crippen molar-refractivity contribution in [2.75, 3.05) is 0 Å². The van der Waals surface area contributed by atoms with Crippen molar-refractivity contribution < 1.29 is 11.3 Å². The zero-order chi connectivity index (χ0) is 33.4. The summed E-state index contributed by atoms with van der Waals surface area (Å²) in [7, 11) is 0. The molecule has 206 valence electrons. The minimum atomic E-state index is -1.03. The molecule has 4 heteroatoms. The van der Waals surface area contributed by atoms with Crippen LogP contribution in [-0.4, -0.2) is 15.0 Å². The molecule has 0 spiro atoms. The predicted octanol–water partition coefficient (Wildman–Crippen LogP) is 9.47. The Morgan fingerprint density at radius 1 is 0.523 bits per heavy atom. The third-order valence-corrected chi connectivity index (χ3v) is 8.50. The molecule has 2 aromatic heterocycles. The fourth-order valence-corrected chi connectivity index (χ4v) is 6.70. The Kier molecular flexibility index (Phi) is 4.38. The Balaban J connectivity index is 1.46. The highest BCUT2D eigenvalue weighted by atomic mass is 16.3. The molecule has 0 saturated heterocycles. The number of benzene rings is 6. The summed E-state index contributed by atoms with van der Waals surface area (Å²) in [5, 5.41) is 1.69. The molecule has 0 N–H and O–H groups in total. The van der Waals surface area contributed by atoms with E-state index in [1.807, 2.05) is 84.9 Å². The molecule has 0 atom stereocenters. The Morgan fingerprint density at radius 2 is 1.14 bits per heavy atom. The summed E-state index contributed by atoms with van der Waals surface area (Å²) in [5.74, 6) is 0.646. The first kappa shape index (κ1) is 20.1. The van der Waals surface area contributed by atoms with Crippen LogP contribution in [0.5, 0.6) is 0 Å². The lowest BCUT2D eigenvalue weighted by atomic mass is 9.71. The third kappa shape index (κ3) is 3.48. The third-order valence-electron chi connectivity index (χ3n) is 8.50. The highest BCUT2D eigenvalue weighted by molar-refractivity contribution is 6.11. The van der Waals surface area contributed by atoms with E-state index >= 15 is 0 Å². The van der Waals surface area contributed by atoms with Crippen LogP contribution in [0.2, 0.25) is 0 Å². The van der Waals surface area contributed by atoms with E-state index in [0.717, 1.165) is 38.6 Å². The van der Waals surface area contributed by atoms with Gasteiger partial charge in [-0.05, 0) is 39.9 Å². The molecule has 4 nitrogen and oxygen atoms in total. The van der Waals surface area contributed by atoms with Crippen LogP contribution in [0.4, 0.5) is 0 Å². The van der Waals surface area contributed by atoms with Gasteiger partial charge < -0.3 is 4.42 Å². The number of furan rings is 1. The molecule has 6 aromatic carbocycles. The van der Waals surface area contributed by atoms with Gasteiger partial charge in [0.1, 0.15) is 16.6 Å². The minimum Gasteiger partial charge on any atom is -0.456 e. The van der Waals surface area contributed by atoms with Crippen LogP contribution < -0.4 is 0 Å². The molecule has 0 unspecified atom stereocenters. The van der Waals surface area contributed by atoms with E-state index in [9.17, 15) is 0 Å². The van der Waals surface area contributed by atoms with E-state index in [-0.39, 0.29) is 23.5 Å². The van der Waals surface area contributed by atoms with Crippen LogP contribution >= 0.6 is 0 Å². The molecule has 0 amide bonds. The van der Waals surface area contributed by atoms with Gasteiger partial charge in [0.25, 0.3) is 0 Å². The van der Waals surface area contributed by atoms with Gasteiger partial charge in [-0.25, -0.2) is 15.0 Å². The van der Waals surface area contributed by atoms with Gasteiger partial charge in [-0.1, -0.05) is 139 Å². The summed E-state index contributed by atoms with van der Waals surface area (Å²) in [4.78, 5) is 15.3. The maximum atomic E-state index is 8.90. The predicted molar refractivity (Wildman–Crippen MR) is 175 cm³/mol. The van der Waals surface area contributed by atoms with Crippen molar-refractivity contribution >= 4 is 21.9 Å². The van der Waals surface area contributed by atoms with Crippen LogP contribution in [0.25, 0.3) is 55.8 Å². The summed E-state index contributed by atoms with van der Waals surface area (Å²) in [6.07, 6.45) is 0. The van der Waals surface area contributed by atoms with Crippen molar-refractivity contribution in [1.82, 2.24) is 15.0 Å².